The fourth-order valence-corrected chi connectivity index (χ4v) is 1.13. The molecule has 5 nitrogen and oxygen atoms in total. The van der Waals surface area contributed by atoms with E-state index in [2.05, 4.69) is 20.0 Å². The third-order valence-electron chi connectivity index (χ3n) is 1.15. The number of rotatable bonds is 2. The number of aromatic nitrogens is 2. The minimum absolute atomic E-state index is 0.370. The van der Waals surface area contributed by atoms with Crippen LogP contribution in [-0.2, 0) is 0 Å². The summed E-state index contributed by atoms with van der Waals surface area (Å²) in [5.41, 5.74) is 8.97. The number of aryl methyl sites for hydroxylation is 1. The summed E-state index contributed by atoms with van der Waals surface area (Å²) >= 11 is 1.42. The molecule has 0 aliphatic heterocycles. The molecule has 0 aliphatic rings. The molecule has 62 valence electrons. The summed E-state index contributed by atoms with van der Waals surface area (Å²) in [6.45, 7) is 1.83. The first kappa shape index (κ1) is 8.83. The van der Waals surface area contributed by atoms with Crippen LogP contribution in [0.3, 0.4) is 0 Å². The fourth-order valence-electron chi connectivity index (χ4n) is 0.714. The van der Waals surface area contributed by atoms with Gasteiger partial charge < -0.3 is 0 Å². The van der Waals surface area contributed by atoms with Crippen LogP contribution in [0.25, 0.3) is 10.4 Å². The highest BCUT2D eigenvalue weighted by Gasteiger charge is 1.97. The summed E-state index contributed by atoms with van der Waals surface area (Å²) in [6.07, 6.45) is 1.87. The quantitative estimate of drug-likeness (QED) is 0.231. The van der Waals surface area contributed by atoms with Gasteiger partial charge in [0.1, 0.15) is 5.82 Å². The van der Waals surface area contributed by atoms with Gasteiger partial charge in [-0.15, -0.1) is 0 Å². The van der Waals surface area contributed by atoms with Crippen LogP contribution in [0.1, 0.15) is 5.69 Å². The van der Waals surface area contributed by atoms with E-state index in [9.17, 15) is 0 Å². The lowest BCUT2D eigenvalue weighted by Gasteiger charge is -1.97. The standard InChI is InChI=1S/C6H7N5S/c1-4-3-5(10-11-7)9-6(8-4)12-2/h3H,1-2H3. The lowest BCUT2D eigenvalue weighted by atomic mass is 10.4. The van der Waals surface area contributed by atoms with Crippen LogP contribution in [0, 0.1) is 6.92 Å². The topological polar surface area (TPSA) is 74.5 Å². The molecule has 0 N–H and O–H groups in total. The maximum Gasteiger partial charge on any atom is 0.187 e. The Morgan fingerprint density at radius 2 is 2.33 bits per heavy atom. The number of thioether (sulfide) groups is 1. The van der Waals surface area contributed by atoms with Crippen molar-refractivity contribution >= 4 is 17.6 Å². The number of nitrogens with zero attached hydrogens (tertiary/aromatic N) is 5. The zero-order chi connectivity index (χ0) is 8.97. The molecule has 0 spiro atoms. The average Bonchev–Trinajstić information content (AvgIpc) is 2.04. The first-order chi connectivity index (χ1) is 5.76. The lowest BCUT2D eigenvalue weighted by molar-refractivity contribution is 0.932. The van der Waals surface area contributed by atoms with Gasteiger partial charge in [-0.1, -0.05) is 11.8 Å². The van der Waals surface area contributed by atoms with E-state index in [1.165, 1.54) is 11.8 Å². The number of hydrogen-bond donors (Lipinski definition) is 0. The Hall–Kier alpha value is -1.26. The van der Waals surface area contributed by atoms with Gasteiger partial charge in [-0.3, -0.25) is 0 Å². The summed E-state index contributed by atoms with van der Waals surface area (Å²) in [5, 5.41) is 4.01. The third-order valence-corrected chi connectivity index (χ3v) is 1.70. The smallest absolute Gasteiger partial charge is 0.187 e. The van der Waals surface area contributed by atoms with Crippen molar-refractivity contribution in [2.75, 3.05) is 6.26 Å². The van der Waals surface area contributed by atoms with E-state index >= 15 is 0 Å². The van der Waals surface area contributed by atoms with Gasteiger partial charge >= 0.3 is 0 Å². The minimum Gasteiger partial charge on any atom is -0.228 e. The molecular weight excluding hydrogens is 174 g/mol. The van der Waals surface area contributed by atoms with Crippen LogP contribution in [0.2, 0.25) is 0 Å². The normalized spacial score (nSPS) is 9.17. The molecule has 12 heavy (non-hydrogen) atoms. The van der Waals surface area contributed by atoms with E-state index in [1.54, 1.807) is 6.07 Å². The summed E-state index contributed by atoms with van der Waals surface area (Å²) in [7, 11) is 0. The van der Waals surface area contributed by atoms with Crippen molar-refractivity contribution in [3.8, 4) is 0 Å². The SMILES string of the molecule is CSc1nc(C)cc(N=[N+]=[N-])n1. The van der Waals surface area contributed by atoms with Gasteiger partial charge in [-0.2, -0.15) is 0 Å². The first-order valence-corrected chi connectivity index (χ1v) is 4.43. The Labute approximate surface area is 73.9 Å². The van der Waals surface area contributed by atoms with Gasteiger partial charge in [-0.25, -0.2) is 9.97 Å². The van der Waals surface area contributed by atoms with E-state index in [-0.39, 0.29) is 0 Å². The second kappa shape index (κ2) is 3.94. The number of azide groups is 1. The molecule has 0 bridgehead atoms. The average molecular weight is 181 g/mol. The molecule has 0 unspecified atom stereocenters. The molecule has 0 saturated carbocycles. The number of hydrogen-bond acceptors (Lipinski definition) is 4. The van der Waals surface area contributed by atoms with E-state index < -0.39 is 0 Å². The molecule has 0 aliphatic carbocycles. The first-order valence-electron chi connectivity index (χ1n) is 3.21. The summed E-state index contributed by atoms with van der Waals surface area (Å²) in [5.74, 6) is 0.370. The van der Waals surface area contributed by atoms with Gasteiger partial charge in [0.25, 0.3) is 0 Å². The maximum atomic E-state index is 8.17. The molecule has 0 amide bonds. The van der Waals surface area contributed by atoms with Crippen LogP contribution < -0.4 is 0 Å². The molecule has 0 saturated heterocycles. The monoisotopic (exact) mass is 181 g/mol. The highest BCUT2D eigenvalue weighted by Crippen LogP contribution is 2.15. The van der Waals surface area contributed by atoms with Crippen molar-refractivity contribution in [3.63, 3.8) is 0 Å². The molecule has 1 heterocycles. The predicted octanol–water partition coefficient (Wildman–Crippen LogP) is 2.45. The predicted molar refractivity (Wildman–Crippen MR) is 47.4 cm³/mol. The summed E-state index contributed by atoms with van der Waals surface area (Å²) < 4.78 is 0. The zero-order valence-corrected chi connectivity index (χ0v) is 7.54. The van der Waals surface area contributed by atoms with Crippen molar-refractivity contribution < 1.29 is 0 Å². The minimum atomic E-state index is 0.370. The van der Waals surface area contributed by atoms with Crippen LogP contribution in [0.15, 0.2) is 16.3 Å². The van der Waals surface area contributed by atoms with Crippen LogP contribution in [0.5, 0.6) is 0 Å². The van der Waals surface area contributed by atoms with Crippen molar-refractivity contribution in [2.45, 2.75) is 12.1 Å². The second-order valence-corrected chi connectivity index (χ2v) is 2.82. The van der Waals surface area contributed by atoms with Gasteiger partial charge in [0.15, 0.2) is 5.16 Å². The van der Waals surface area contributed by atoms with Crippen LogP contribution in [0.4, 0.5) is 5.82 Å². The Kier molecular flexibility index (Phi) is 2.90. The van der Waals surface area contributed by atoms with E-state index in [4.69, 9.17) is 5.53 Å². The van der Waals surface area contributed by atoms with E-state index in [1.807, 2.05) is 13.2 Å². The molecule has 1 rings (SSSR count). The van der Waals surface area contributed by atoms with Crippen molar-refractivity contribution in [1.82, 2.24) is 9.97 Å². The second-order valence-electron chi connectivity index (χ2n) is 2.04. The molecule has 0 atom stereocenters. The van der Waals surface area contributed by atoms with Crippen molar-refractivity contribution in [2.24, 2.45) is 5.11 Å². The van der Waals surface area contributed by atoms with Crippen LogP contribution in [-0.4, -0.2) is 16.2 Å². The molecule has 0 fully saturated rings. The van der Waals surface area contributed by atoms with Crippen molar-refractivity contribution in [3.05, 3.63) is 22.2 Å². The highest BCUT2D eigenvalue weighted by atomic mass is 32.2. The Morgan fingerprint density at radius 1 is 1.58 bits per heavy atom. The van der Waals surface area contributed by atoms with Crippen LogP contribution >= 0.6 is 11.8 Å². The molecule has 1 aromatic rings. The molecule has 0 radical (unpaired) electrons. The summed E-state index contributed by atoms with van der Waals surface area (Å²) in [4.78, 5) is 10.7. The van der Waals surface area contributed by atoms with Gasteiger partial charge in [0.05, 0.1) is 0 Å². The molecule has 1 aromatic heterocycles. The van der Waals surface area contributed by atoms with Gasteiger partial charge in [0.2, 0.25) is 0 Å². The maximum absolute atomic E-state index is 8.17. The fraction of sp³-hybridized carbons (Fsp3) is 0.333. The Bertz CT molecular complexity index is 331. The largest absolute Gasteiger partial charge is 0.228 e. The van der Waals surface area contributed by atoms with E-state index in [0.717, 1.165) is 5.69 Å². The molecule has 6 heteroatoms. The summed E-state index contributed by atoms with van der Waals surface area (Å²) in [6, 6.07) is 1.64. The lowest BCUT2D eigenvalue weighted by Crippen LogP contribution is -1.87. The molecular formula is C6H7N5S. The van der Waals surface area contributed by atoms with Crippen molar-refractivity contribution in [1.29, 1.82) is 0 Å². The Balaban J connectivity index is 3.14. The third kappa shape index (κ3) is 2.11. The van der Waals surface area contributed by atoms with Gasteiger partial charge in [0, 0.05) is 10.6 Å². The van der Waals surface area contributed by atoms with E-state index in [0.29, 0.717) is 11.0 Å². The Morgan fingerprint density at radius 3 is 2.92 bits per heavy atom. The highest BCUT2D eigenvalue weighted by molar-refractivity contribution is 7.98. The molecule has 0 aromatic carbocycles. The van der Waals surface area contributed by atoms with Gasteiger partial charge in [-0.05, 0) is 29.9 Å². The zero-order valence-electron chi connectivity index (χ0n) is 6.72.